The minimum Gasteiger partial charge on any atom is -0.462 e. The van der Waals surface area contributed by atoms with Gasteiger partial charge in [-0.25, -0.2) is 4.57 Å². The molecule has 6 atom stereocenters. The number of allylic oxidation sites excluding steroid dienone is 6. The highest BCUT2D eigenvalue weighted by molar-refractivity contribution is 7.47. The molecule has 0 radical (unpaired) electrons. The van der Waals surface area contributed by atoms with E-state index in [1.54, 1.807) is 18.2 Å². The lowest BCUT2D eigenvalue weighted by atomic mass is 9.99. The number of hydrogen-bond acceptors (Lipinski definition) is 11. The molecule has 0 bridgehead atoms. The predicted molar refractivity (Wildman–Crippen MR) is 222 cm³/mol. The van der Waals surface area contributed by atoms with E-state index in [-0.39, 0.29) is 19.3 Å². The molecule has 0 aromatic rings. The van der Waals surface area contributed by atoms with E-state index in [2.05, 4.69) is 25.3 Å². The number of aliphatic hydroxyl groups is 4. The van der Waals surface area contributed by atoms with E-state index in [9.17, 15) is 34.4 Å². The molecule has 5 N–H and O–H groups in total. The van der Waals surface area contributed by atoms with E-state index >= 15 is 0 Å². The van der Waals surface area contributed by atoms with Gasteiger partial charge in [0.05, 0.1) is 32.0 Å². The van der Waals surface area contributed by atoms with Crippen LogP contribution in [0.15, 0.2) is 48.6 Å². The summed E-state index contributed by atoms with van der Waals surface area (Å²) in [6, 6.07) is 0. The molecule has 12 nitrogen and oxygen atoms in total. The third kappa shape index (κ3) is 36.2. The smallest absolute Gasteiger partial charge is 0.462 e. The van der Waals surface area contributed by atoms with Crippen molar-refractivity contribution in [2.75, 3.05) is 26.4 Å². The molecule has 0 saturated heterocycles. The Morgan fingerprint density at radius 1 is 0.643 bits per heavy atom. The minimum absolute atomic E-state index is 0.0645. The third-order valence-corrected chi connectivity index (χ3v) is 10.2. The first-order chi connectivity index (χ1) is 26.9. The van der Waals surface area contributed by atoms with Gasteiger partial charge >= 0.3 is 19.8 Å². The molecule has 0 heterocycles. The number of rotatable bonds is 38. The van der Waals surface area contributed by atoms with Gasteiger partial charge < -0.3 is 34.8 Å². The van der Waals surface area contributed by atoms with Gasteiger partial charge in [-0.2, -0.15) is 0 Å². The molecule has 0 saturated carbocycles. The van der Waals surface area contributed by atoms with Crippen LogP contribution in [-0.2, 0) is 32.7 Å². The summed E-state index contributed by atoms with van der Waals surface area (Å²) in [5.41, 5.74) is 0. The summed E-state index contributed by atoms with van der Waals surface area (Å²) in [6.07, 6.45) is 30.1. The molecular weight excluding hydrogens is 739 g/mol. The summed E-state index contributed by atoms with van der Waals surface area (Å²) in [7, 11) is -4.68. The molecule has 0 fully saturated rings. The van der Waals surface area contributed by atoms with Gasteiger partial charge in [-0.3, -0.25) is 18.6 Å². The molecule has 13 heteroatoms. The number of phosphoric acid groups is 1. The standard InChI is InChI=1S/C43H77O12P/c1-4-6-20-27-38(45)28-22-17-13-11-14-18-23-29-39(46)30-25-32-43(49)55-41(36-54-56(50,51)53-34-40(47)33-44)35-52-42(48)31-24-19-15-10-8-7-9-12-16-21-26-37(3)5-2/h13-14,17-18,22-23,28-29,37-41,44-47H,4-12,15-16,19-21,24-27,30-36H2,1-3H3,(H,50,51)/b17-13-,18-14-,28-22+,29-23+/t37?,38-,39-,40+,41-/m1/s1. The van der Waals surface area contributed by atoms with Crippen molar-refractivity contribution < 1.29 is 58.0 Å². The first-order valence-electron chi connectivity index (χ1n) is 21.2. The molecule has 0 spiro atoms. The van der Waals surface area contributed by atoms with Crippen molar-refractivity contribution in [3.8, 4) is 0 Å². The average molecular weight is 817 g/mol. The second kappa shape index (κ2) is 37.1. The van der Waals surface area contributed by atoms with Crippen LogP contribution in [0.2, 0.25) is 0 Å². The van der Waals surface area contributed by atoms with E-state index in [0.29, 0.717) is 19.3 Å². The quantitative estimate of drug-likeness (QED) is 0.0173. The van der Waals surface area contributed by atoms with Gasteiger partial charge in [0, 0.05) is 12.8 Å². The molecule has 0 aromatic carbocycles. The third-order valence-electron chi connectivity index (χ3n) is 9.23. The fraction of sp³-hybridized carbons (Fsp3) is 0.767. The van der Waals surface area contributed by atoms with Gasteiger partial charge in [-0.15, -0.1) is 0 Å². The lowest BCUT2D eigenvalue weighted by Gasteiger charge is -2.20. The number of ether oxygens (including phenoxy) is 2. The second-order valence-corrected chi connectivity index (χ2v) is 16.1. The monoisotopic (exact) mass is 817 g/mol. The SMILES string of the molecule is CCCCC[C@@H](O)/C=C/C=C\C/C=C\C=C\[C@@H](O)CCCC(=O)O[C@H](COC(=O)CCCCCCCCCCCCC(C)CC)COP(=O)(O)OC[C@@H](O)CO. The molecule has 0 aliphatic carbocycles. The van der Waals surface area contributed by atoms with Crippen LogP contribution in [0.4, 0.5) is 0 Å². The van der Waals surface area contributed by atoms with Gasteiger partial charge in [0.1, 0.15) is 12.7 Å². The van der Waals surface area contributed by atoms with Crippen molar-refractivity contribution in [1.82, 2.24) is 0 Å². The van der Waals surface area contributed by atoms with E-state index < -0.39 is 70.6 Å². The van der Waals surface area contributed by atoms with Crippen molar-refractivity contribution >= 4 is 19.8 Å². The Morgan fingerprint density at radius 2 is 1.16 bits per heavy atom. The first-order valence-corrected chi connectivity index (χ1v) is 22.7. The number of carbonyl (C=O) groups is 2. The van der Waals surface area contributed by atoms with Crippen molar-refractivity contribution in [3.63, 3.8) is 0 Å². The van der Waals surface area contributed by atoms with E-state index in [0.717, 1.165) is 50.9 Å². The minimum atomic E-state index is -4.68. The Morgan fingerprint density at radius 3 is 1.73 bits per heavy atom. The number of aliphatic hydroxyl groups excluding tert-OH is 4. The van der Waals surface area contributed by atoms with Gasteiger partial charge in [-0.05, 0) is 38.0 Å². The van der Waals surface area contributed by atoms with Crippen molar-refractivity contribution in [1.29, 1.82) is 0 Å². The molecule has 326 valence electrons. The lowest BCUT2D eigenvalue weighted by Crippen LogP contribution is -2.30. The summed E-state index contributed by atoms with van der Waals surface area (Å²) in [6.45, 7) is 4.33. The average Bonchev–Trinajstić information content (AvgIpc) is 3.17. The van der Waals surface area contributed by atoms with Crippen LogP contribution >= 0.6 is 7.82 Å². The van der Waals surface area contributed by atoms with Crippen molar-refractivity contribution in [3.05, 3.63) is 48.6 Å². The Labute approximate surface area is 338 Å². The molecule has 0 amide bonds. The molecule has 0 aromatic heterocycles. The highest BCUT2D eigenvalue weighted by atomic mass is 31.2. The van der Waals surface area contributed by atoms with E-state index in [1.165, 1.54) is 51.4 Å². The topological polar surface area (TPSA) is 189 Å². The summed E-state index contributed by atoms with van der Waals surface area (Å²) in [5.74, 6) is -0.329. The molecule has 56 heavy (non-hydrogen) atoms. The largest absolute Gasteiger partial charge is 0.472 e. The number of phosphoric ester groups is 1. The maximum atomic E-state index is 12.6. The number of esters is 2. The normalized spacial score (nSPS) is 16.1. The molecular formula is C43H77O12P. The maximum absolute atomic E-state index is 12.6. The molecule has 0 aliphatic rings. The molecule has 2 unspecified atom stereocenters. The highest BCUT2D eigenvalue weighted by Gasteiger charge is 2.27. The van der Waals surface area contributed by atoms with Crippen LogP contribution in [-0.4, -0.2) is 88.1 Å². The Balaban J connectivity index is 4.58. The van der Waals surface area contributed by atoms with E-state index in [4.69, 9.17) is 19.1 Å². The summed E-state index contributed by atoms with van der Waals surface area (Å²) in [4.78, 5) is 35.0. The Bertz CT molecular complexity index is 1120. The van der Waals surface area contributed by atoms with Gasteiger partial charge in [-0.1, -0.05) is 159 Å². The van der Waals surface area contributed by atoms with Crippen LogP contribution in [0.1, 0.15) is 156 Å². The summed E-state index contributed by atoms with van der Waals surface area (Å²) < 4.78 is 32.5. The van der Waals surface area contributed by atoms with Crippen LogP contribution in [0, 0.1) is 5.92 Å². The van der Waals surface area contributed by atoms with Gasteiger partial charge in [0.15, 0.2) is 6.10 Å². The lowest BCUT2D eigenvalue weighted by molar-refractivity contribution is -0.161. The summed E-state index contributed by atoms with van der Waals surface area (Å²) in [5, 5.41) is 38.5. The van der Waals surface area contributed by atoms with Crippen molar-refractivity contribution in [2.24, 2.45) is 5.92 Å². The van der Waals surface area contributed by atoms with Crippen LogP contribution in [0.25, 0.3) is 0 Å². The maximum Gasteiger partial charge on any atom is 0.472 e. The summed E-state index contributed by atoms with van der Waals surface area (Å²) >= 11 is 0. The van der Waals surface area contributed by atoms with Gasteiger partial charge in [0.25, 0.3) is 0 Å². The second-order valence-electron chi connectivity index (χ2n) is 14.7. The van der Waals surface area contributed by atoms with E-state index in [1.807, 2.05) is 30.4 Å². The van der Waals surface area contributed by atoms with Gasteiger partial charge in [0.2, 0.25) is 0 Å². The fourth-order valence-electron chi connectivity index (χ4n) is 5.48. The van der Waals surface area contributed by atoms with Crippen LogP contribution in [0.3, 0.4) is 0 Å². The zero-order chi connectivity index (χ0) is 41.7. The van der Waals surface area contributed by atoms with Crippen LogP contribution in [0.5, 0.6) is 0 Å². The number of unbranched alkanes of at least 4 members (excludes halogenated alkanes) is 11. The van der Waals surface area contributed by atoms with Crippen LogP contribution < -0.4 is 0 Å². The highest BCUT2D eigenvalue weighted by Crippen LogP contribution is 2.43. The number of carbonyl (C=O) groups excluding carboxylic acids is 2. The first kappa shape index (κ1) is 53.9. The Hall–Kier alpha value is -2.15. The predicted octanol–water partition coefficient (Wildman–Crippen LogP) is 8.74. The zero-order valence-electron chi connectivity index (χ0n) is 34.7. The zero-order valence-corrected chi connectivity index (χ0v) is 35.6. The number of hydrogen-bond donors (Lipinski definition) is 5. The molecule has 0 rings (SSSR count). The Kier molecular flexibility index (Phi) is 35.7. The molecule has 0 aliphatic heterocycles. The van der Waals surface area contributed by atoms with Crippen molar-refractivity contribution in [2.45, 2.75) is 180 Å². The fourth-order valence-corrected chi connectivity index (χ4v) is 6.27.